The second-order valence-corrected chi connectivity index (χ2v) is 3.78. The second kappa shape index (κ2) is 3.90. The molecule has 0 atom stereocenters. The Balaban J connectivity index is 2.65. The van der Waals surface area contributed by atoms with Gasteiger partial charge < -0.3 is 15.8 Å². The van der Waals surface area contributed by atoms with Crippen LogP contribution in [0.15, 0.2) is 28.4 Å². The third-order valence-corrected chi connectivity index (χ3v) is 2.33. The van der Waals surface area contributed by atoms with Gasteiger partial charge in [0.05, 0.1) is 5.52 Å². The van der Waals surface area contributed by atoms with Crippen LogP contribution in [-0.2, 0) is 0 Å². The van der Waals surface area contributed by atoms with Crippen LogP contribution in [0.25, 0.3) is 10.9 Å². The number of nitrogens with zero attached hydrogens (tertiary/aromatic N) is 2. The van der Waals surface area contributed by atoms with Crippen molar-refractivity contribution in [3.63, 3.8) is 0 Å². The molecule has 0 fully saturated rings. The number of aromatic nitrogens is 1. The van der Waals surface area contributed by atoms with Crippen LogP contribution in [0.2, 0.25) is 0 Å². The van der Waals surface area contributed by atoms with Crippen LogP contribution >= 0.6 is 12.2 Å². The van der Waals surface area contributed by atoms with Crippen LogP contribution < -0.4 is 5.73 Å². The summed E-state index contributed by atoms with van der Waals surface area (Å²) < 4.78 is 0. The largest absolute Gasteiger partial charge is 0.493 e. The van der Waals surface area contributed by atoms with E-state index in [2.05, 4.69) is 27.4 Å². The predicted molar refractivity (Wildman–Crippen MR) is 66.0 cm³/mol. The first-order chi connectivity index (χ1) is 7.59. The number of fused-ring (bicyclic) bond motifs is 1. The van der Waals surface area contributed by atoms with Gasteiger partial charge in [0, 0.05) is 5.39 Å². The van der Waals surface area contributed by atoms with Crippen LogP contribution in [0.3, 0.4) is 0 Å². The zero-order valence-electron chi connectivity index (χ0n) is 8.56. The monoisotopic (exact) mass is 234 g/mol. The van der Waals surface area contributed by atoms with Gasteiger partial charge in [-0.3, -0.25) is 0 Å². The zero-order valence-corrected chi connectivity index (χ0v) is 9.38. The third kappa shape index (κ3) is 1.74. The summed E-state index contributed by atoms with van der Waals surface area (Å²) in [4.78, 5) is 2.84. The second-order valence-electron chi connectivity index (χ2n) is 3.36. The van der Waals surface area contributed by atoms with E-state index < -0.39 is 0 Å². The lowest BCUT2D eigenvalue weighted by atomic mass is 10.1. The average molecular weight is 234 g/mol. The summed E-state index contributed by atoms with van der Waals surface area (Å²) in [6.45, 7) is 1.94. The quantitative estimate of drug-likeness (QED) is 0.523. The molecule has 0 aliphatic carbocycles. The minimum atomic E-state index is -0.0681. The molecular weight excluding hydrogens is 224 g/mol. The van der Waals surface area contributed by atoms with E-state index in [-0.39, 0.29) is 11.0 Å². The van der Waals surface area contributed by atoms with E-state index in [1.54, 1.807) is 0 Å². The molecule has 1 aromatic carbocycles. The van der Waals surface area contributed by atoms with Crippen LogP contribution in [0.5, 0.6) is 5.88 Å². The van der Waals surface area contributed by atoms with E-state index in [0.717, 1.165) is 16.5 Å². The van der Waals surface area contributed by atoms with Crippen molar-refractivity contribution in [2.45, 2.75) is 6.92 Å². The Labute approximate surface area is 97.0 Å². The summed E-state index contributed by atoms with van der Waals surface area (Å²) in [6.07, 6.45) is 0. The molecule has 0 amide bonds. The fourth-order valence-corrected chi connectivity index (χ4v) is 1.58. The molecule has 0 bridgehead atoms. The van der Waals surface area contributed by atoms with E-state index in [1.165, 1.54) is 0 Å². The lowest BCUT2D eigenvalue weighted by molar-refractivity contribution is 0.459. The molecule has 0 saturated heterocycles. The summed E-state index contributed by atoms with van der Waals surface area (Å²) in [6, 6.07) is 5.66. The highest BCUT2D eigenvalue weighted by molar-refractivity contribution is 7.80. The van der Waals surface area contributed by atoms with Crippen molar-refractivity contribution >= 4 is 33.9 Å². The highest BCUT2D eigenvalue weighted by Gasteiger charge is 2.11. The lowest BCUT2D eigenvalue weighted by Crippen LogP contribution is -2.01. The van der Waals surface area contributed by atoms with Gasteiger partial charge in [-0.05, 0) is 24.7 Å². The predicted octanol–water partition coefficient (Wildman–Crippen LogP) is 2.51. The van der Waals surface area contributed by atoms with Crippen molar-refractivity contribution < 1.29 is 5.11 Å². The first-order valence-electron chi connectivity index (χ1n) is 4.61. The number of aromatic amines is 1. The molecule has 1 aromatic heterocycles. The fraction of sp³-hybridized carbons (Fsp3) is 0.100. The van der Waals surface area contributed by atoms with Crippen molar-refractivity contribution in [1.29, 1.82) is 0 Å². The molecule has 6 heteroatoms. The highest BCUT2D eigenvalue weighted by Crippen LogP contribution is 2.36. The molecule has 16 heavy (non-hydrogen) atoms. The lowest BCUT2D eigenvalue weighted by Gasteiger charge is -1.93. The normalized spacial score (nSPS) is 11.3. The number of thiocarbonyl (C=S) groups is 1. The van der Waals surface area contributed by atoms with Gasteiger partial charge in [-0.1, -0.05) is 18.2 Å². The average Bonchev–Trinajstić information content (AvgIpc) is 2.53. The van der Waals surface area contributed by atoms with E-state index >= 15 is 0 Å². The minimum Gasteiger partial charge on any atom is -0.493 e. The number of hydrogen-bond donors (Lipinski definition) is 3. The number of nitrogens with two attached hydrogens (primary N) is 1. The molecule has 2 aromatic rings. The fourth-order valence-electron chi connectivity index (χ4n) is 1.54. The van der Waals surface area contributed by atoms with Gasteiger partial charge in [0.25, 0.3) is 0 Å². The molecule has 4 N–H and O–H groups in total. The summed E-state index contributed by atoms with van der Waals surface area (Å²) in [5.74, 6) is -0.0377. The highest BCUT2D eigenvalue weighted by atomic mass is 32.1. The Morgan fingerprint density at radius 3 is 2.94 bits per heavy atom. The Hall–Kier alpha value is -1.95. The molecule has 1 heterocycles. The molecule has 0 unspecified atom stereocenters. The van der Waals surface area contributed by atoms with Crippen LogP contribution in [0.4, 0.5) is 5.69 Å². The number of hydrogen-bond acceptors (Lipinski definition) is 3. The molecule has 0 spiro atoms. The molecule has 82 valence electrons. The maximum Gasteiger partial charge on any atom is 0.218 e. The first-order valence-corrected chi connectivity index (χ1v) is 5.02. The molecule has 0 aliphatic heterocycles. The van der Waals surface area contributed by atoms with E-state index in [9.17, 15) is 5.11 Å². The van der Waals surface area contributed by atoms with Gasteiger partial charge >= 0.3 is 0 Å². The summed E-state index contributed by atoms with van der Waals surface area (Å²) >= 11 is 4.59. The Morgan fingerprint density at radius 1 is 1.50 bits per heavy atom. The Kier molecular flexibility index (Phi) is 2.57. The number of azo groups is 1. The number of nitrogens with one attached hydrogen (secondary N) is 1. The minimum absolute atomic E-state index is 0.0377. The Bertz CT molecular complexity index is 588. The summed E-state index contributed by atoms with van der Waals surface area (Å²) in [7, 11) is 0. The zero-order chi connectivity index (χ0) is 11.7. The smallest absolute Gasteiger partial charge is 0.218 e. The molecular formula is C10H10N4OS. The van der Waals surface area contributed by atoms with Gasteiger partial charge in [0.1, 0.15) is 0 Å². The van der Waals surface area contributed by atoms with E-state index in [4.69, 9.17) is 5.73 Å². The van der Waals surface area contributed by atoms with Crippen molar-refractivity contribution in [3.8, 4) is 5.88 Å². The maximum atomic E-state index is 9.68. The van der Waals surface area contributed by atoms with Crippen molar-refractivity contribution in [1.82, 2.24) is 4.98 Å². The number of H-pyrrole nitrogens is 1. The van der Waals surface area contributed by atoms with Crippen molar-refractivity contribution in [2.24, 2.45) is 16.0 Å². The van der Waals surface area contributed by atoms with Crippen molar-refractivity contribution in [3.05, 3.63) is 23.8 Å². The number of benzene rings is 1. The van der Waals surface area contributed by atoms with Crippen LogP contribution in [0, 0.1) is 6.92 Å². The molecule has 5 nitrogen and oxygen atoms in total. The van der Waals surface area contributed by atoms with Crippen LogP contribution in [0.1, 0.15) is 5.56 Å². The van der Waals surface area contributed by atoms with Gasteiger partial charge in [0.2, 0.25) is 11.0 Å². The van der Waals surface area contributed by atoms with E-state index in [0.29, 0.717) is 5.69 Å². The molecule has 0 radical (unpaired) electrons. The summed E-state index contributed by atoms with van der Waals surface area (Å²) in [5.41, 5.74) is 7.41. The number of para-hydroxylation sites is 1. The number of rotatable bonds is 1. The van der Waals surface area contributed by atoms with Gasteiger partial charge in [-0.25, -0.2) is 0 Å². The number of aromatic hydroxyl groups is 1. The first kappa shape index (κ1) is 10.6. The van der Waals surface area contributed by atoms with Crippen LogP contribution in [-0.4, -0.2) is 15.2 Å². The summed E-state index contributed by atoms with van der Waals surface area (Å²) in [5, 5.41) is 17.8. The van der Waals surface area contributed by atoms with Gasteiger partial charge in [0.15, 0.2) is 5.69 Å². The molecule has 0 aliphatic rings. The van der Waals surface area contributed by atoms with Gasteiger partial charge in [-0.2, -0.15) is 0 Å². The van der Waals surface area contributed by atoms with E-state index in [1.807, 2.05) is 25.1 Å². The van der Waals surface area contributed by atoms with Crippen molar-refractivity contribution in [2.75, 3.05) is 0 Å². The SMILES string of the molecule is Cc1cccc2c(N=NC(N)=S)c(O)[nH]c12. The standard InChI is InChI=1S/C10H10N4OS/c1-5-3-2-4-6-7(5)12-9(15)8(6)13-14-10(11)16/h2-4,12,15H,1H3,(H2,11,16). The third-order valence-electron chi connectivity index (χ3n) is 2.24. The number of aryl methyl sites for hydroxylation is 1. The van der Waals surface area contributed by atoms with Gasteiger partial charge in [-0.15, -0.1) is 10.2 Å². The Morgan fingerprint density at radius 2 is 2.25 bits per heavy atom. The molecule has 0 saturated carbocycles. The maximum absolute atomic E-state index is 9.68. The molecule has 2 rings (SSSR count). The topological polar surface area (TPSA) is 86.8 Å².